The highest BCUT2D eigenvalue weighted by atomic mass is 32.2. The largest absolute Gasteiger partial charge is 0.479 e. The number of thiazole rings is 1. The van der Waals surface area contributed by atoms with E-state index >= 15 is 0 Å². The number of carbonyl (C=O) groups excluding carboxylic acids is 1. The Balaban J connectivity index is 1.83. The Labute approximate surface area is 184 Å². The van der Waals surface area contributed by atoms with Crippen LogP contribution in [-0.4, -0.2) is 44.1 Å². The monoisotopic (exact) mass is 447 g/mol. The molecule has 2 N–H and O–H groups in total. The molecule has 7 nitrogen and oxygen atoms in total. The van der Waals surface area contributed by atoms with Gasteiger partial charge in [0.2, 0.25) is 0 Å². The number of carboxylic acids is 1. The Morgan fingerprint density at radius 1 is 1.30 bits per heavy atom. The molecule has 0 aliphatic carbocycles. The van der Waals surface area contributed by atoms with Crippen LogP contribution in [0.5, 0.6) is 0 Å². The van der Waals surface area contributed by atoms with Crippen molar-refractivity contribution in [3.05, 3.63) is 52.0 Å². The molecule has 0 unspecified atom stereocenters. The van der Waals surface area contributed by atoms with Gasteiger partial charge in [0, 0.05) is 11.1 Å². The second kappa shape index (κ2) is 8.77. The van der Waals surface area contributed by atoms with Crippen LogP contribution in [0.4, 0.5) is 4.79 Å². The first kappa shape index (κ1) is 22.3. The predicted octanol–water partition coefficient (Wildman–Crippen LogP) is 4.29. The van der Waals surface area contributed by atoms with Crippen molar-refractivity contribution >= 4 is 40.2 Å². The van der Waals surface area contributed by atoms with E-state index < -0.39 is 23.2 Å². The minimum absolute atomic E-state index is 0.369. The Bertz CT molecular complexity index is 953. The number of amides is 1. The molecule has 160 valence electrons. The van der Waals surface area contributed by atoms with E-state index in [1.165, 1.54) is 23.1 Å². The number of carbonyl (C=O) groups is 2. The van der Waals surface area contributed by atoms with Crippen LogP contribution in [0.2, 0.25) is 0 Å². The van der Waals surface area contributed by atoms with Crippen molar-refractivity contribution in [3.63, 3.8) is 0 Å². The Morgan fingerprint density at radius 2 is 2.00 bits per heavy atom. The van der Waals surface area contributed by atoms with E-state index in [-0.39, 0.29) is 6.04 Å². The van der Waals surface area contributed by atoms with Crippen molar-refractivity contribution in [2.75, 3.05) is 5.75 Å². The van der Waals surface area contributed by atoms with Crippen LogP contribution in [0.25, 0.3) is 0 Å². The first-order valence-corrected chi connectivity index (χ1v) is 11.4. The van der Waals surface area contributed by atoms with Gasteiger partial charge in [-0.15, -0.1) is 23.1 Å². The van der Waals surface area contributed by atoms with E-state index in [2.05, 4.69) is 15.3 Å². The number of nitrogens with one attached hydrogen (secondary N) is 1. The number of aliphatic imine (C=N–C) groups is 1. The zero-order valence-corrected chi connectivity index (χ0v) is 19.0. The number of hydrogen-bond donors (Lipinski definition) is 2. The quantitative estimate of drug-likeness (QED) is 0.685. The smallest absolute Gasteiger partial charge is 0.408 e. The van der Waals surface area contributed by atoms with Crippen LogP contribution in [-0.2, 0) is 16.0 Å². The van der Waals surface area contributed by atoms with Gasteiger partial charge in [-0.2, -0.15) is 0 Å². The topological polar surface area (TPSA) is 101 Å². The molecule has 1 amide bonds. The maximum absolute atomic E-state index is 12.4. The summed E-state index contributed by atoms with van der Waals surface area (Å²) in [7, 11) is 0. The van der Waals surface area contributed by atoms with Gasteiger partial charge in [0.25, 0.3) is 0 Å². The summed E-state index contributed by atoms with van der Waals surface area (Å²) in [4.78, 5) is 32.9. The highest BCUT2D eigenvalue weighted by Crippen LogP contribution is 2.33. The van der Waals surface area contributed by atoms with Gasteiger partial charge in [-0.25, -0.2) is 14.6 Å². The van der Waals surface area contributed by atoms with Gasteiger partial charge in [-0.3, -0.25) is 4.99 Å². The van der Waals surface area contributed by atoms with Crippen molar-refractivity contribution in [3.8, 4) is 0 Å². The molecule has 30 heavy (non-hydrogen) atoms. The first-order valence-electron chi connectivity index (χ1n) is 9.51. The number of ether oxygens (including phenoxy) is 1. The van der Waals surface area contributed by atoms with Crippen LogP contribution in [0.1, 0.15) is 50.0 Å². The van der Waals surface area contributed by atoms with E-state index in [1.807, 2.05) is 56.5 Å². The van der Waals surface area contributed by atoms with E-state index in [4.69, 9.17) is 4.74 Å². The second-order valence-corrected chi connectivity index (χ2v) is 10.1. The normalized spacial score (nSPS) is 19.8. The molecule has 1 aliphatic rings. The zero-order valence-electron chi connectivity index (χ0n) is 17.3. The number of rotatable bonds is 6. The fourth-order valence-electron chi connectivity index (χ4n) is 2.78. The number of alkyl carbamates (subject to hydrolysis) is 1. The van der Waals surface area contributed by atoms with E-state index in [1.54, 1.807) is 6.92 Å². The molecule has 2 atom stereocenters. The van der Waals surface area contributed by atoms with Crippen molar-refractivity contribution in [2.45, 2.75) is 51.3 Å². The van der Waals surface area contributed by atoms with Gasteiger partial charge >= 0.3 is 12.1 Å². The average molecular weight is 448 g/mol. The molecule has 0 saturated carbocycles. The zero-order chi connectivity index (χ0) is 21.9. The molecule has 0 saturated heterocycles. The summed E-state index contributed by atoms with van der Waals surface area (Å²) in [5.41, 5.74) is -0.0520. The fourth-order valence-corrected chi connectivity index (χ4v) is 4.84. The summed E-state index contributed by atoms with van der Waals surface area (Å²) in [6, 6.07) is 9.45. The van der Waals surface area contributed by atoms with Gasteiger partial charge in [-0.05, 0) is 39.7 Å². The third-order valence-corrected chi connectivity index (χ3v) is 6.55. The Morgan fingerprint density at radius 3 is 2.60 bits per heavy atom. The summed E-state index contributed by atoms with van der Waals surface area (Å²) in [6.45, 7) is 7.05. The lowest BCUT2D eigenvalue weighted by Gasteiger charge is -2.23. The molecular weight excluding hydrogens is 422 g/mol. The molecular formula is C21H25N3O4S2. The van der Waals surface area contributed by atoms with Gasteiger partial charge in [0.1, 0.15) is 21.3 Å². The number of benzene rings is 1. The number of hydrogen-bond acceptors (Lipinski definition) is 7. The summed E-state index contributed by atoms with van der Waals surface area (Å²) in [5.74, 6) is -0.581. The molecule has 1 aromatic carbocycles. The first-order chi connectivity index (χ1) is 14.1. The van der Waals surface area contributed by atoms with Crippen LogP contribution >= 0.6 is 23.1 Å². The van der Waals surface area contributed by atoms with Crippen molar-refractivity contribution in [1.29, 1.82) is 0 Å². The van der Waals surface area contributed by atoms with Crippen LogP contribution < -0.4 is 5.32 Å². The van der Waals surface area contributed by atoms with E-state index in [0.29, 0.717) is 27.9 Å². The lowest BCUT2D eigenvalue weighted by Crippen LogP contribution is -2.35. The van der Waals surface area contributed by atoms with Crippen molar-refractivity contribution < 1.29 is 19.4 Å². The Hall–Kier alpha value is -2.39. The van der Waals surface area contributed by atoms with Crippen LogP contribution in [0.15, 0.2) is 40.7 Å². The standard InChI is InChI=1S/C21H25N3O4S2/c1-20(2,3)28-19(27)23-14(10-13-8-6-5-7-9-13)16-22-15(11-29-16)17-24-21(4,12-30-17)18(25)26/h5-9,11,14H,10,12H2,1-4H3,(H,23,27)(H,25,26)/t14-,21+/m1/s1. The molecule has 2 heterocycles. The van der Waals surface area contributed by atoms with Crippen LogP contribution in [0, 0.1) is 0 Å². The third kappa shape index (κ3) is 5.60. The highest BCUT2D eigenvalue weighted by Gasteiger charge is 2.39. The molecule has 1 aromatic heterocycles. The number of aromatic nitrogens is 1. The van der Waals surface area contributed by atoms with E-state index in [0.717, 1.165) is 5.56 Å². The summed E-state index contributed by atoms with van der Waals surface area (Å²) in [5, 5.41) is 15.5. The molecule has 0 spiro atoms. The molecule has 2 aromatic rings. The van der Waals surface area contributed by atoms with Crippen molar-refractivity contribution in [2.24, 2.45) is 4.99 Å². The van der Waals surface area contributed by atoms with Gasteiger partial charge < -0.3 is 15.2 Å². The second-order valence-electron chi connectivity index (χ2n) is 8.24. The maximum atomic E-state index is 12.4. The van der Waals surface area contributed by atoms with Gasteiger partial charge in [0.05, 0.1) is 6.04 Å². The summed E-state index contributed by atoms with van der Waals surface area (Å²) >= 11 is 2.79. The number of carboxylic acid groups (broad SMARTS) is 1. The molecule has 1 aliphatic heterocycles. The number of nitrogens with zero attached hydrogens (tertiary/aromatic N) is 2. The molecule has 0 bridgehead atoms. The average Bonchev–Trinajstić information content (AvgIpc) is 3.28. The molecule has 3 rings (SSSR count). The minimum Gasteiger partial charge on any atom is -0.479 e. The Kier molecular flexibility index (Phi) is 6.52. The molecule has 0 fully saturated rings. The maximum Gasteiger partial charge on any atom is 0.408 e. The van der Waals surface area contributed by atoms with E-state index in [9.17, 15) is 14.7 Å². The summed E-state index contributed by atoms with van der Waals surface area (Å²) in [6.07, 6.45) is 0.0469. The SMILES string of the molecule is CC(C)(C)OC(=O)N[C@H](Cc1ccccc1)c1nc(C2=N[C@](C)(C(=O)O)CS2)cs1. The molecule has 0 radical (unpaired) electrons. The fraction of sp³-hybridized carbons (Fsp3) is 0.429. The van der Waals surface area contributed by atoms with Gasteiger partial charge in [-0.1, -0.05) is 30.3 Å². The third-order valence-electron chi connectivity index (χ3n) is 4.31. The van der Waals surface area contributed by atoms with Crippen LogP contribution in [0.3, 0.4) is 0 Å². The van der Waals surface area contributed by atoms with Crippen molar-refractivity contribution in [1.82, 2.24) is 10.3 Å². The van der Waals surface area contributed by atoms with Gasteiger partial charge in [0.15, 0.2) is 5.54 Å². The predicted molar refractivity (Wildman–Crippen MR) is 119 cm³/mol. The number of aliphatic carboxylic acids is 1. The minimum atomic E-state index is -1.14. The molecule has 9 heteroatoms. The lowest BCUT2D eigenvalue weighted by molar-refractivity contribution is -0.141. The summed E-state index contributed by atoms with van der Waals surface area (Å²) < 4.78 is 5.42. The lowest BCUT2D eigenvalue weighted by atomic mass is 10.1. The highest BCUT2D eigenvalue weighted by molar-refractivity contribution is 8.14. The number of thioether (sulfide) groups is 1.